The molecule has 0 radical (unpaired) electrons. The number of anilines is 1. The number of ether oxygens (including phenoxy) is 1. The first-order valence-corrected chi connectivity index (χ1v) is 7.91. The van der Waals surface area contributed by atoms with E-state index in [0.717, 1.165) is 34.8 Å². The Balaban J connectivity index is 1.95. The van der Waals surface area contributed by atoms with Crippen molar-refractivity contribution >= 4 is 5.82 Å². The average molecular weight is 320 g/mol. The van der Waals surface area contributed by atoms with Crippen LogP contribution in [-0.4, -0.2) is 22.1 Å². The average Bonchev–Trinajstić information content (AvgIpc) is 2.67. The minimum absolute atomic E-state index is 0.0292. The lowest BCUT2D eigenvalue weighted by Crippen LogP contribution is -2.13. The molecule has 2 aromatic heterocycles. The molecule has 0 aliphatic carbocycles. The second-order valence-corrected chi connectivity index (χ2v) is 5.38. The van der Waals surface area contributed by atoms with E-state index in [1.54, 1.807) is 25.8 Å². The number of nitrogens with one attached hydrogen (secondary N) is 1. The quantitative estimate of drug-likeness (QED) is 0.751. The van der Waals surface area contributed by atoms with Crippen LogP contribution in [0, 0.1) is 0 Å². The molecule has 0 saturated carbocycles. The van der Waals surface area contributed by atoms with Crippen LogP contribution in [0.4, 0.5) is 5.82 Å². The second-order valence-electron chi connectivity index (χ2n) is 5.38. The molecule has 24 heavy (non-hydrogen) atoms. The van der Waals surface area contributed by atoms with Gasteiger partial charge in [0.05, 0.1) is 13.2 Å². The standard InChI is InChI=1S/C19H20N4O/c1-3-16-12-18(22-13-21-16)23-19(15-8-10-20-11-9-15)14-4-6-17(24-2)7-5-14/h4-13,19H,3H2,1-2H3,(H,21,22,23)/t19-/m0/s1. The molecule has 5 heteroatoms. The number of methoxy groups -OCH3 is 1. The number of nitrogens with zero attached hydrogens (tertiary/aromatic N) is 3. The van der Waals surface area contributed by atoms with E-state index in [4.69, 9.17) is 4.74 Å². The molecule has 0 aliphatic rings. The molecule has 0 amide bonds. The summed E-state index contributed by atoms with van der Waals surface area (Å²) in [6, 6.07) is 14.0. The highest BCUT2D eigenvalue weighted by molar-refractivity contribution is 5.45. The lowest BCUT2D eigenvalue weighted by molar-refractivity contribution is 0.414. The maximum atomic E-state index is 5.25. The molecule has 3 aromatic rings. The lowest BCUT2D eigenvalue weighted by atomic mass is 9.99. The summed E-state index contributed by atoms with van der Waals surface area (Å²) in [6.07, 6.45) is 6.06. The molecule has 0 aliphatic heterocycles. The molecule has 1 atom stereocenters. The molecule has 0 bridgehead atoms. The minimum Gasteiger partial charge on any atom is -0.497 e. The van der Waals surface area contributed by atoms with Crippen LogP contribution in [0.5, 0.6) is 5.75 Å². The molecule has 0 fully saturated rings. The van der Waals surface area contributed by atoms with Gasteiger partial charge in [-0.25, -0.2) is 9.97 Å². The van der Waals surface area contributed by atoms with E-state index < -0.39 is 0 Å². The van der Waals surface area contributed by atoms with Gasteiger partial charge in [0.25, 0.3) is 0 Å². The van der Waals surface area contributed by atoms with E-state index >= 15 is 0 Å². The Kier molecular flexibility index (Phi) is 5.01. The Hall–Kier alpha value is -2.95. The van der Waals surface area contributed by atoms with Gasteiger partial charge in [-0.15, -0.1) is 0 Å². The van der Waals surface area contributed by atoms with Gasteiger partial charge < -0.3 is 10.1 Å². The molecule has 122 valence electrons. The minimum atomic E-state index is -0.0292. The number of benzene rings is 1. The number of pyridine rings is 1. The number of rotatable bonds is 6. The number of hydrogen-bond donors (Lipinski definition) is 1. The van der Waals surface area contributed by atoms with Gasteiger partial charge in [0.15, 0.2) is 0 Å². The first-order chi connectivity index (χ1) is 11.8. The third kappa shape index (κ3) is 3.68. The molecule has 0 spiro atoms. The summed E-state index contributed by atoms with van der Waals surface area (Å²) >= 11 is 0. The van der Waals surface area contributed by atoms with Gasteiger partial charge in [0.2, 0.25) is 0 Å². The van der Waals surface area contributed by atoms with Crippen molar-refractivity contribution in [2.75, 3.05) is 12.4 Å². The predicted octanol–water partition coefficient (Wildman–Crippen LogP) is 3.64. The SMILES string of the molecule is CCc1cc(N[C@H](c2ccncc2)c2ccc(OC)cc2)ncn1. The van der Waals surface area contributed by atoms with Crippen LogP contribution in [0.3, 0.4) is 0 Å². The van der Waals surface area contributed by atoms with Gasteiger partial charge in [-0.05, 0) is 41.8 Å². The summed E-state index contributed by atoms with van der Waals surface area (Å²) in [5.74, 6) is 1.64. The van der Waals surface area contributed by atoms with Crippen molar-refractivity contribution in [1.29, 1.82) is 0 Å². The fourth-order valence-electron chi connectivity index (χ4n) is 2.53. The van der Waals surface area contributed by atoms with Crippen LogP contribution in [-0.2, 0) is 6.42 Å². The van der Waals surface area contributed by atoms with Gasteiger partial charge in [-0.2, -0.15) is 0 Å². The van der Waals surface area contributed by atoms with E-state index in [2.05, 4.69) is 39.3 Å². The molecule has 0 unspecified atom stereocenters. The van der Waals surface area contributed by atoms with Crippen LogP contribution < -0.4 is 10.1 Å². The Labute approximate surface area is 141 Å². The van der Waals surface area contributed by atoms with E-state index in [9.17, 15) is 0 Å². The summed E-state index contributed by atoms with van der Waals surface area (Å²) in [7, 11) is 1.67. The van der Waals surface area contributed by atoms with Crippen LogP contribution in [0.1, 0.15) is 29.8 Å². The zero-order valence-corrected chi connectivity index (χ0v) is 13.8. The number of aryl methyl sites for hydroxylation is 1. The van der Waals surface area contributed by atoms with E-state index in [1.165, 1.54) is 0 Å². The van der Waals surface area contributed by atoms with E-state index in [-0.39, 0.29) is 6.04 Å². The van der Waals surface area contributed by atoms with Crippen molar-refractivity contribution in [2.24, 2.45) is 0 Å². The summed E-state index contributed by atoms with van der Waals surface area (Å²) in [5.41, 5.74) is 3.25. The Bertz CT molecular complexity index is 775. The maximum absolute atomic E-state index is 5.25. The molecule has 2 heterocycles. The monoisotopic (exact) mass is 320 g/mol. The topological polar surface area (TPSA) is 59.9 Å². The van der Waals surface area contributed by atoms with Crippen LogP contribution in [0.15, 0.2) is 61.2 Å². The van der Waals surface area contributed by atoms with Gasteiger partial charge in [-0.3, -0.25) is 4.98 Å². The van der Waals surface area contributed by atoms with Crippen LogP contribution in [0.25, 0.3) is 0 Å². The summed E-state index contributed by atoms with van der Waals surface area (Å²) < 4.78 is 5.25. The van der Waals surface area contributed by atoms with Crippen LogP contribution in [0.2, 0.25) is 0 Å². The zero-order chi connectivity index (χ0) is 16.8. The molecule has 5 nitrogen and oxygen atoms in total. The van der Waals surface area contributed by atoms with Crippen molar-refractivity contribution < 1.29 is 4.74 Å². The molecule has 0 saturated heterocycles. The van der Waals surface area contributed by atoms with E-state index in [0.29, 0.717) is 0 Å². The fraction of sp³-hybridized carbons (Fsp3) is 0.211. The third-order valence-corrected chi connectivity index (χ3v) is 3.87. The molecule has 1 N–H and O–H groups in total. The number of aromatic nitrogens is 3. The Morgan fingerprint density at radius 3 is 2.38 bits per heavy atom. The highest BCUT2D eigenvalue weighted by Gasteiger charge is 2.15. The first kappa shape index (κ1) is 15.9. The lowest BCUT2D eigenvalue weighted by Gasteiger charge is -2.20. The molecule has 3 rings (SSSR count). The van der Waals surface area contributed by atoms with E-state index in [1.807, 2.05) is 30.3 Å². The largest absolute Gasteiger partial charge is 0.497 e. The van der Waals surface area contributed by atoms with Crippen molar-refractivity contribution in [2.45, 2.75) is 19.4 Å². The smallest absolute Gasteiger partial charge is 0.130 e. The van der Waals surface area contributed by atoms with Crippen LogP contribution >= 0.6 is 0 Å². The molecular formula is C19H20N4O. The number of hydrogen-bond acceptors (Lipinski definition) is 5. The first-order valence-electron chi connectivity index (χ1n) is 7.91. The third-order valence-electron chi connectivity index (χ3n) is 3.87. The Morgan fingerprint density at radius 2 is 1.71 bits per heavy atom. The summed E-state index contributed by atoms with van der Waals surface area (Å²) in [5, 5.41) is 3.50. The van der Waals surface area contributed by atoms with Gasteiger partial charge in [0, 0.05) is 24.2 Å². The molecular weight excluding hydrogens is 300 g/mol. The van der Waals surface area contributed by atoms with Crippen molar-refractivity contribution in [3.63, 3.8) is 0 Å². The highest BCUT2D eigenvalue weighted by Crippen LogP contribution is 2.27. The Morgan fingerprint density at radius 1 is 1.00 bits per heavy atom. The fourth-order valence-corrected chi connectivity index (χ4v) is 2.53. The second kappa shape index (κ2) is 7.55. The predicted molar refractivity (Wildman–Crippen MR) is 94.1 cm³/mol. The van der Waals surface area contributed by atoms with Gasteiger partial charge >= 0.3 is 0 Å². The molecule has 1 aromatic carbocycles. The van der Waals surface area contributed by atoms with Gasteiger partial charge in [-0.1, -0.05) is 19.1 Å². The van der Waals surface area contributed by atoms with Crippen molar-refractivity contribution in [1.82, 2.24) is 15.0 Å². The maximum Gasteiger partial charge on any atom is 0.130 e. The zero-order valence-electron chi connectivity index (χ0n) is 13.8. The van der Waals surface area contributed by atoms with Crippen molar-refractivity contribution in [3.8, 4) is 5.75 Å². The highest BCUT2D eigenvalue weighted by atomic mass is 16.5. The van der Waals surface area contributed by atoms with Crippen molar-refractivity contribution in [3.05, 3.63) is 78.0 Å². The normalized spacial score (nSPS) is 11.8. The summed E-state index contributed by atoms with van der Waals surface area (Å²) in [6.45, 7) is 2.08. The van der Waals surface area contributed by atoms with Gasteiger partial charge in [0.1, 0.15) is 17.9 Å². The summed E-state index contributed by atoms with van der Waals surface area (Å²) in [4.78, 5) is 12.7.